The van der Waals surface area contributed by atoms with Gasteiger partial charge < -0.3 is 10.1 Å². The van der Waals surface area contributed by atoms with Crippen molar-refractivity contribution in [3.63, 3.8) is 0 Å². The van der Waals surface area contributed by atoms with Gasteiger partial charge in [0.15, 0.2) is 0 Å². The second-order valence-electron chi connectivity index (χ2n) is 4.15. The van der Waals surface area contributed by atoms with E-state index in [1.165, 1.54) is 0 Å². The van der Waals surface area contributed by atoms with Gasteiger partial charge in [-0.3, -0.25) is 0 Å². The molecule has 0 fully saturated rings. The first-order chi connectivity index (χ1) is 9.20. The van der Waals surface area contributed by atoms with Gasteiger partial charge in [0.05, 0.1) is 7.11 Å². The average molecular weight is 333 g/mol. The topological polar surface area (TPSA) is 21.3 Å². The molecule has 0 aliphatic rings. The van der Waals surface area contributed by atoms with Crippen molar-refractivity contribution in [1.82, 2.24) is 5.32 Å². The van der Waals surface area contributed by atoms with Crippen LogP contribution >= 0.6 is 35.6 Å². The summed E-state index contributed by atoms with van der Waals surface area (Å²) in [5.74, 6) is 0.830. The van der Waals surface area contributed by atoms with Crippen LogP contribution in [0.25, 0.3) is 0 Å². The van der Waals surface area contributed by atoms with Gasteiger partial charge in [0.2, 0.25) is 0 Å². The molecule has 0 radical (unpaired) electrons. The van der Waals surface area contributed by atoms with Crippen LogP contribution in [0.4, 0.5) is 0 Å². The Hall–Kier alpha value is -0.930. The Labute approximate surface area is 135 Å². The second-order valence-corrected chi connectivity index (χ2v) is 4.99. The predicted octanol–water partition coefficient (Wildman–Crippen LogP) is 4.71. The normalized spacial score (nSPS) is 9.95. The van der Waals surface area contributed by atoms with Crippen LogP contribution in [0, 0.1) is 0 Å². The summed E-state index contributed by atoms with van der Waals surface area (Å²) in [6.45, 7) is 1.38. The molecule has 0 saturated carbocycles. The molecule has 0 unspecified atom stereocenters. The van der Waals surface area contributed by atoms with E-state index in [0.29, 0.717) is 18.1 Å². The molecule has 0 saturated heterocycles. The summed E-state index contributed by atoms with van der Waals surface area (Å²) in [6, 6.07) is 13.4. The Balaban J connectivity index is 0.00000200. The smallest absolute Gasteiger partial charge is 0.123 e. The van der Waals surface area contributed by atoms with Gasteiger partial charge in [0, 0.05) is 28.7 Å². The zero-order valence-electron chi connectivity index (χ0n) is 11.0. The molecular formula is C15H16Cl3NO. The van der Waals surface area contributed by atoms with E-state index < -0.39 is 0 Å². The van der Waals surface area contributed by atoms with Crippen LogP contribution < -0.4 is 10.1 Å². The molecule has 0 heterocycles. The van der Waals surface area contributed by atoms with Crippen LogP contribution in [0.3, 0.4) is 0 Å². The van der Waals surface area contributed by atoms with Crippen molar-refractivity contribution < 1.29 is 4.74 Å². The maximum atomic E-state index is 6.10. The first-order valence-corrected chi connectivity index (χ1v) is 6.73. The highest BCUT2D eigenvalue weighted by Gasteiger charge is 2.04. The van der Waals surface area contributed by atoms with Crippen LogP contribution in [0.2, 0.25) is 10.0 Å². The van der Waals surface area contributed by atoms with Gasteiger partial charge in [-0.1, -0.05) is 41.4 Å². The number of nitrogens with one attached hydrogen (secondary N) is 1. The summed E-state index contributed by atoms with van der Waals surface area (Å²) in [4.78, 5) is 0. The van der Waals surface area contributed by atoms with Gasteiger partial charge in [0.1, 0.15) is 5.75 Å². The van der Waals surface area contributed by atoms with Crippen molar-refractivity contribution in [2.24, 2.45) is 0 Å². The lowest BCUT2D eigenvalue weighted by atomic mass is 10.2. The number of hydrogen-bond donors (Lipinski definition) is 1. The highest BCUT2D eigenvalue weighted by molar-refractivity contribution is 6.31. The molecular weight excluding hydrogens is 317 g/mol. The van der Waals surface area contributed by atoms with E-state index in [2.05, 4.69) is 5.32 Å². The van der Waals surface area contributed by atoms with Crippen molar-refractivity contribution in [1.29, 1.82) is 0 Å². The van der Waals surface area contributed by atoms with Crippen LogP contribution in [-0.2, 0) is 13.1 Å². The number of hydrogen-bond acceptors (Lipinski definition) is 2. The van der Waals surface area contributed by atoms with E-state index in [9.17, 15) is 0 Å². The first kappa shape index (κ1) is 17.1. The van der Waals surface area contributed by atoms with E-state index in [1.807, 2.05) is 42.5 Å². The van der Waals surface area contributed by atoms with E-state index in [1.54, 1.807) is 7.11 Å². The molecule has 0 aromatic heterocycles. The molecule has 0 aliphatic heterocycles. The SMILES string of the molecule is COc1ccc(Cl)cc1CNCc1ccccc1Cl.Cl. The molecule has 20 heavy (non-hydrogen) atoms. The molecule has 2 aromatic carbocycles. The third kappa shape index (κ3) is 4.57. The van der Waals surface area contributed by atoms with Crippen molar-refractivity contribution in [3.8, 4) is 5.75 Å². The Morgan fingerprint density at radius 1 is 1.00 bits per heavy atom. The maximum absolute atomic E-state index is 6.10. The minimum Gasteiger partial charge on any atom is -0.496 e. The lowest BCUT2D eigenvalue weighted by Crippen LogP contribution is -2.13. The lowest BCUT2D eigenvalue weighted by Gasteiger charge is -2.10. The summed E-state index contributed by atoms with van der Waals surface area (Å²) in [6.07, 6.45) is 0. The fourth-order valence-electron chi connectivity index (χ4n) is 1.86. The summed E-state index contributed by atoms with van der Waals surface area (Å²) >= 11 is 12.1. The lowest BCUT2D eigenvalue weighted by molar-refractivity contribution is 0.407. The molecule has 1 N–H and O–H groups in total. The summed E-state index contributed by atoms with van der Waals surface area (Å²) in [5.41, 5.74) is 2.10. The fourth-order valence-corrected chi connectivity index (χ4v) is 2.26. The molecule has 2 nitrogen and oxygen atoms in total. The molecule has 2 aromatic rings. The Bertz CT molecular complexity index is 561. The zero-order chi connectivity index (χ0) is 13.7. The number of rotatable bonds is 5. The average Bonchev–Trinajstić information content (AvgIpc) is 2.41. The molecule has 0 spiro atoms. The summed E-state index contributed by atoms with van der Waals surface area (Å²) in [7, 11) is 1.65. The van der Waals surface area contributed by atoms with Gasteiger partial charge in [0.25, 0.3) is 0 Å². The van der Waals surface area contributed by atoms with Crippen LogP contribution in [-0.4, -0.2) is 7.11 Å². The van der Waals surface area contributed by atoms with Crippen molar-refractivity contribution >= 4 is 35.6 Å². The Kier molecular flexibility index (Phi) is 7.17. The molecule has 5 heteroatoms. The number of benzene rings is 2. The third-order valence-electron chi connectivity index (χ3n) is 2.83. The first-order valence-electron chi connectivity index (χ1n) is 5.97. The molecule has 0 aliphatic carbocycles. The van der Waals surface area contributed by atoms with E-state index in [0.717, 1.165) is 21.9 Å². The highest BCUT2D eigenvalue weighted by Crippen LogP contribution is 2.22. The van der Waals surface area contributed by atoms with Gasteiger partial charge in [-0.15, -0.1) is 12.4 Å². The van der Waals surface area contributed by atoms with E-state index in [4.69, 9.17) is 27.9 Å². The molecule has 0 bridgehead atoms. The largest absolute Gasteiger partial charge is 0.496 e. The minimum atomic E-state index is 0. The number of methoxy groups -OCH3 is 1. The van der Waals surface area contributed by atoms with Gasteiger partial charge >= 0.3 is 0 Å². The minimum absolute atomic E-state index is 0. The monoisotopic (exact) mass is 331 g/mol. The Morgan fingerprint density at radius 3 is 2.40 bits per heavy atom. The molecule has 2 rings (SSSR count). The summed E-state index contributed by atoms with van der Waals surface area (Å²) < 4.78 is 5.30. The van der Waals surface area contributed by atoms with E-state index >= 15 is 0 Å². The van der Waals surface area contributed by atoms with Gasteiger partial charge in [-0.2, -0.15) is 0 Å². The van der Waals surface area contributed by atoms with Crippen molar-refractivity contribution in [2.75, 3.05) is 7.11 Å². The molecule has 0 atom stereocenters. The molecule has 108 valence electrons. The number of ether oxygens (including phenoxy) is 1. The molecule has 0 amide bonds. The second kappa shape index (κ2) is 8.38. The quantitative estimate of drug-likeness (QED) is 0.856. The zero-order valence-corrected chi connectivity index (χ0v) is 13.4. The highest BCUT2D eigenvalue weighted by atomic mass is 35.5. The van der Waals surface area contributed by atoms with Crippen LogP contribution in [0.1, 0.15) is 11.1 Å². The number of halogens is 3. The van der Waals surface area contributed by atoms with Gasteiger partial charge in [-0.05, 0) is 29.8 Å². The predicted molar refractivity (Wildman–Crippen MR) is 87.2 cm³/mol. The van der Waals surface area contributed by atoms with Crippen molar-refractivity contribution in [2.45, 2.75) is 13.1 Å². The summed E-state index contributed by atoms with van der Waals surface area (Å²) in [5, 5.41) is 4.81. The third-order valence-corrected chi connectivity index (χ3v) is 3.44. The van der Waals surface area contributed by atoms with Crippen LogP contribution in [0.15, 0.2) is 42.5 Å². The van der Waals surface area contributed by atoms with E-state index in [-0.39, 0.29) is 12.4 Å². The fraction of sp³-hybridized carbons (Fsp3) is 0.200. The van der Waals surface area contributed by atoms with Gasteiger partial charge in [-0.25, -0.2) is 0 Å². The maximum Gasteiger partial charge on any atom is 0.123 e. The standard InChI is InChI=1S/C15H15Cl2NO.ClH/c1-19-15-7-6-13(16)8-12(15)10-18-9-11-4-2-3-5-14(11)17;/h2-8,18H,9-10H2,1H3;1H. The van der Waals surface area contributed by atoms with Crippen LogP contribution in [0.5, 0.6) is 5.75 Å². The Morgan fingerprint density at radius 2 is 1.70 bits per heavy atom. The van der Waals surface area contributed by atoms with Crippen molar-refractivity contribution in [3.05, 3.63) is 63.6 Å².